The molecule has 0 saturated heterocycles. The summed E-state index contributed by atoms with van der Waals surface area (Å²) in [6.45, 7) is 2.49. The van der Waals surface area contributed by atoms with Crippen molar-refractivity contribution in [2.24, 2.45) is 0 Å². The third-order valence-corrected chi connectivity index (χ3v) is 5.72. The molecule has 0 fully saturated rings. The van der Waals surface area contributed by atoms with Crippen LogP contribution in [0.1, 0.15) is 17.0 Å². The minimum Gasteiger partial charge on any atom is -0.339 e. The summed E-state index contributed by atoms with van der Waals surface area (Å²) in [4.78, 5) is 15.7. The molecule has 0 spiro atoms. The summed E-state index contributed by atoms with van der Waals surface area (Å²) >= 11 is 7.13. The van der Waals surface area contributed by atoms with Crippen molar-refractivity contribution in [3.05, 3.63) is 70.2 Å². The summed E-state index contributed by atoms with van der Waals surface area (Å²) in [5, 5.41) is 4.57. The summed E-state index contributed by atoms with van der Waals surface area (Å²) in [5.41, 5.74) is 4.47. The Balaban J connectivity index is 1.36. The van der Waals surface area contributed by atoms with Gasteiger partial charge in [-0.1, -0.05) is 18.2 Å². The molecule has 1 N–H and O–H groups in total. The van der Waals surface area contributed by atoms with Gasteiger partial charge in [-0.25, -0.2) is 9.97 Å². The third-order valence-electron chi connectivity index (χ3n) is 4.89. The number of anilines is 2. The predicted molar refractivity (Wildman–Crippen MR) is 112 cm³/mol. The smallest absolute Gasteiger partial charge is 0.203 e. The van der Waals surface area contributed by atoms with E-state index in [0.29, 0.717) is 11.0 Å². The summed E-state index contributed by atoms with van der Waals surface area (Å²) < 4.78 is 4.78. The summed E-state index contributed by atoms with van der Waals surface area (Å²) in [5.74, 6) is 1.69. The van der Waals surface area contributed by atoms with Gasteiger partial charge in [-0.05, 0) is 53.3 Å². The average molecular weight is 409 g/mol. The molecule has 0 unspecified atom stereocenters. The lowest BCUT2D eigenvalue weighted by Gasteiger charge is -2.28. The summed E-state index contributed by atoms with van der Waals surface area (Å²) in [6, 6.07) is 12.3. The highest BCUT2D eigenvalue weighted by Crippen LogP contribution is 2.28. The average Bonchev–Trinajstić information content (AvgIpc) is 3.12. The van der Waals surface area contributed by atoms with Crippen LogP contribution < -0.4 is 5.32 Å². The predicted octanol–water partition coefficient (Wildman–Crippen LogP) is 4.44. The molecule has 1 aromatic carbocycles. The van der Waals surface area contributed by atoms with Crippen molar-refractivity contribution >= 4 is 45.5 Å². The number of fused-ring (bicyclic) bond motifs is 2. The van der Waals surface area contributed by atoms with Crippen molar-refractivity contribution in [3.8, 4) is 0 Å². The maximum atomic E-state index is 5.90. The molecular weight excluding hydrogens is 392 g/mol. The highest BCUT2D eigenvalue weighted by molar-refractivity contribution is 7.10. The molecule has 5 rings (SSSR count). The molecule has 0 atom stereocenters. The van der Waals surface area contributed by atoms with Crippen LogP contribution in [-0.2, 0) is 19.5 Å². The third kappa shape index (κ3) is 3.56. The Hall–Kier alpha value is -2.61. The molecule has 0 amide bonds. The lowest BCUT2D eigenvalue weighted by molar-refractivity contribution is 0.240. The van der Waals surface area contributed by atoms with E-state index in [1.54, 1.807) is 0 Å². The van der Waals surface area contributed by atoms with Gasteiger partial charge in [0.2, 0.25) is 4.47 Å². The van der Waals surface area contributed by atoms with Crippen LogP contribution in [0.3, 0.4) is 0 Å². The fraction of sp³-hybridized carbons (Fsp3) is 0.200. The number of nitrogens with one attached hydrogen (secondary N) is 1. The quantitative estimate of drug-likeness (QED) is 0.538. The second-order valence-corrected chi connectivity index (χ2v) is 8.10. The first-order chi connectivity index (χ1) is 13.7. The van der Waals surface area contributed by atoms with Crippen LogP contribution in [0.5, 0.6) is 0 Å². The van der Waals surface area contributed by atoms with Gasteiger partial charge in [0, 0.05) is 30.2 Å². The zero-order chi connectivity index (χ0) is 18.9. The van der Waals surface area contributed by atoms with Crippen LogP contribution in [-0.4, -0.2) is 30.8 Å². The van der Waals surface area contributed by atoms with E-state index in [1.807, 2.05) is 30.6 Å². The lowest BCUT2D eigenvalue weighted by Crippen LogP contribution is -2.31. The van der Waals surface area contributed by atoms with E-state index >= 15 is 0 Å². The van der Waals surface area contributed by atoms with Crippen LogP contribution in [0.2, 0.25) is 4.47 Å². The zero-order valence-electron chi connectivity index (χ0n) is 15.0. The SMILES string of the molecule is Clc1nc(CN2CCc3c(ccnc3Nc3cnc4ccccc4c3)C2)ns1. The number of nitrogens with zero attached hydrogens (tertiary/aromatic N) is 5. The molecular formula is C20H17ClN6S. The highest BCUT2D eigenvalue weighted by atomic mass is 35.5. The maximum Gasteiger partial charge on any atom is 0.203 e. The van der Waals surface area contributed by atoms with Gasteiger partial charge in [-0.2, -0.15) is 4.37 Å². The molecule has 140 valence electrons. The van der Waals surface area contributed by atoms with Gasteiger partial charge in [0.1, 0.15) is 5.82 Å². The lowest BCUT2D eigenvalue weighted by atomic mass is 10.0. The molecule has 0 saturated carbocycles. The van der Waals surface area contributed by atoms with Crippen molar-refractivity contribution in [1.29, 1.82) is 0 Å². The second-order valence-electron chi connectivity index (χ2n) is 6.76. The first kappa shape index (κ1) is 17.5. The summed E-state index contributed by atoms with van der Waals surface area (Å²) in [7, 11) is 0. The molecule has 6 nitrogen and oxygen atoms in total. The van der Waals surface area contributed by atoms with Crippen LogP contribution in [0.25, 0.3) is 10.9 Å². The monoisotopic (exact) mass is 408 g/mol. The van der Waals surface area contributed by atoms with Gasteiger partial charge in [-0.3, -0.25) is 9.88 Å². The Bertz CT molecular complexity index is 1140. The number of hydrogen-bond donors (Lipinski definition) is 1. The van der Waals surface area contributed by atoms with E-state index in [1.165, 1.54) is 22.7 Å². The second kappa shape index (κ2) is 7.43. The Morgan fingerprint density at radius 2 is 2.11 bits per heavy atom. The van der Waals surface area contributed by atoms with E-state index in [2.05, 4.69) is 47.7 Å². The van der Waals surface area contributed by atoms with Crippen LogP contribution in [0, 0.1) is 0 Å². The zero-order valence-corrected chi connectivity index (χ0v) is 16.5. The van der Waals surface area contributed by atoms with Gasteiger partial charge in [-0.15, -0.1) is 0 Å². The van der Waals surface area contributed by atoms with Crippen LogP contribution in [0.4, 0.5) is 11.5 Å². The van der Waals surface area contributed by atoms with Gasteiger partial charge in [0.25, 0.3) is 0 Å². The van der Waals surface area contributed by atoms with Crippen molar-refractivity contribution < 1.29 is 0 Å². The van der Waals surface area contributed by atoms with E-state index in [4.69, 9.17) is 11.6 Å². The van der Waals surface area contributed by atoms with Crippen molar-refractivity contribution in [2.45, 2.75) is 19.5 Å². The number of pyridine rings is 2. The molecule has 3 aromatic heterocycles. The molecule has 0 radical (unpaired) electrons. The fourth-order valence-corrected chi connectivity index (χ4v) is 4.19. The Morgan fingerprint density at radius 1 is 1.18 bits per heavy atom. The standard InChI is InChI=1S/C20H17ClN6S/c21-20-25-18(26-28-20)12-27-8-6-16-14(11-27)5-7-22-19(16)24-15-9-13-3-1-2-4-17(13)23-10-15/h1-5,7,9-10H,6,8,11-12H2,(H,22,24). The number of aromatic nitrogens is 4. The first-order valence-corrected chi connectivity index (χ1v) is 10.2. The fourth-order valence-electron chi connectivity index (χ4n) is 3.56. The minimum atomic E-state index is 0.493. The number of para-hydroxylation sites is 1. The molecule has 1 aliphatic heterocycles. The molecule has 1 aliphatic rings. The van der Waals surface area contributed by atoms with Crippen LogP contribution in [0.15, 0.2) is 48.8 Å². The number of rotatable bonds is 4. The number of benzene rings is 1. The Morgan fingerprint density at radius 3 is 3.00 bits per heavy atom. The van der Waals surface area contributed by atoms with Crippen molar-refractivity contribution in [2.75, 3.05) is 11.9 Å². The normalized spacial score (nSPS) is 14.2. The van der Waals surface area contributed by atoms with E-state index in [-0.39, 0.29) is 0 Å². The van der Waals surface area contributed by atoms with E-state index in [9.17, 15) is 0 Å². The largest absolute Gasteiger partial charge is 0.339 e. The van der Waals surface area contributed by atoms with Gasteiger partial charge in [0.05, 0.1) is 23.9 Å². The van der Waals surface area contributed by atoms with Gasteiger partial charge < -0.3 is 5.32 Å². The summed E-state index contributed by atoms with van der Waals surface area (Å²) in [6.07, 6.45) is 4.64. The molecule has 0 aliphatic carbocycles. The van der Waals surface area contributed by atoms with Crippen LogP contribution >= 0.6 is 23.1 Å². The molecule has 8 heteroatoms. The van der Waals surface area contributed by atoms with Gasteiger partial charge >= 0.3 is 0 Å². The molecule has 28 heavy (non-hydrogen) atoms. The highest BCUT2D eigenvalue weighted by Gasteiger charge is 2.21. The maximum absolute atomic E-state index is 5.90. The Labute approximate surface area is 171 Å². The van der Waals surface area contributed by atoms with E-state index < -0.39 is 0 Å². The molecule has 4 aromatic rings. The van der Waals surface area contributed by atoms with Crippen molar-refractivity contribution in [3.63, 3.8) is 0 Å². The van der Waals surface area contributed by atoms with Gasteiger partial charge in [0.15, 0.2) is 5.82 Å². The number of hydrogen-bond acceptors (Lipinski definition) is 7. The van der Waals surface area contributed by atoms with E-state index in [0.717, 1.165) is 47.7 Å². The minimum absolute atomic E-state index is 0.493. The topological polar surface area (TPSA) is 66.8 Å². The first-order valence-electron chi connectivity index (χ1n) is 9.03. The van der Waals surface area contributed by atoms with Crippen molar-refractivity contribution in [1.82, 2.24) is 24.2 Å². The number of halogens is 1. The molecule has 4 heterocycles. The Kier molecular flexibility index (Phi) is 4.64. The molecule has 0 bridgehead atoms.